The molecule has 1 aliphatic heterocycles. The molecule has 36 heavy (non-hydrogen) atoms. The summed E-state index contributed by atoms with van der Waals surface area (Å²) in [6.45, 7) is 2.76. The summed E-state index contributed by atoms with van der Waals surface area (Å²) in [5.74, 6) is 4.08. The molecule has 1 saturated heterocycles. The highest BCUT2D eigenvalue weighted by Gasteiger charge is 2.40. The van der Waals surface area contributed by atoms with Gasteiger partial charge < -0.3 is 26.5 Å². The number of likely N-dealkylation sites (tertiary alicyclic amines) is 1. The predicted molar refractivity (Wildman–Crippen MR) is 137 cm³/mol. The first-order valence-electron chi connectivity index (χ1n) is 12.0. The van der Waals surface area contributed by atoms with E-state index in [0.29, 0.717) is 32.5 Å². The normalized spacial score (nSPS) is 17.8. The topological polar surface area (TPSA) is 166 Å². The van der Waals surface area contributed by atoms with Crippen LogP contribution in [0, 0.1) is 0 Å². The van der Waals surface area contributed by atoms with E-state index in [1.165, 1.54) is 30.3 Å². The van der Waals surface area contributed by atoms with Crippen molar-refractivity contribution in [1.29, 1.82) is 0 Å². The van der Waals surface area contributed by atoms with Crippen LogP contribution in [0.15, 0.2) is 52.5 Å². The van der Waals surface area contributed by atoms with Gasteiger partial charge in [0.05, 0.1) is 11.0 Å². The highest BCUT2D eigenvalue weighted by molar-refractivity contribution is 7.89. The number of nitrogens with two attached hydrogens (primary N) is 1. The van der Waals surface area contributed by atoms with E-state index in [-0.39, 0.29) is 10.8 Å². The molecule has 1 fully saturated rings. The summed E-state index contributed by atoms with van der Waals surface area (Å²) in [7, 11) is -4.12. The number of rotatable bonds is 12. The minimum atomic E-state index is -4.12. The third kappa shape index (κ3) is 6.93. The van der Waals surface area contributed by atoms with Crippen LogP contribution >= 0.6 is 0 Å². The Morgan fingerprint density at radius 1 is 1.19 bits per heavy atom. The molecular weight excluding hydrogens is 484 g/mol. The van der Waals surface area contributed by atoms with Crippen molar-refractivity contribution in [2.24, 2.45) is 10.9 Å². The van der Waals surface area contributed by atoms with Gasteiger partial charge in [-0.05, 0) is 55.5 Å². The van der Waals surface area contributed by atoms with Crippen molar-refractivity contribution in [3.8, 4) is 0 Å². The fourth-order valence-corrected chi connectivity index (χ4v) is 5.50. The first-order valence-corrected chi connectivity index (χ1v) is 13.5. The molecule has 11 nitrogen and oxygen atoms in total. The molecule has 2 aromatic carbocycles. The molecule has 0 saturated carbocycles. The molecule has 0 spiro atoms. The number of aliphatic hydroxyl groups is 1. The van der Waals surface area contributed by atoms with Gasteiger partial charge in [-0.1, -0.05) is 30.3 Å². The summed E-state index contributed by atoms with van der Waals surface area (Å²) in [6.07, 6.45) is 2.68. The fraction of sp³-hybridized carbons (Fsp3) is 0.458. The van der Waals surface area contributed by atoms with E-state index >= 15 is 0 Å². The van der Waals surface area contributed by atoms with Crippen LogP contribution in [0.1, 0.15) is 32.6 Å². The lowest BCUT2D eigenvalue weighted by molar-refractivity contribution is -0.141. The number of fused-ring (bicyclic) bond motifs is 1. The van der Waals surface area contributed by atoms with Gasteiger partial charge in [0, 0.05) is 19.6 Å². The number of hydrazone groups is 1. The second-order valence-electron chi connectivity index (χ2n) is 8.77. The Balaban J connectivity index is 1.65. The third-order valence-electron chi connectivity index (χ3n) is 6.11. The monoisotopic (exact) mass is 518 g/mol. The average molecular weight is 519 g/mol. The van der Waals surface area contributed by atoms with Crippen molar-refractivity contribution in [3.63, 3.8) is 0 Å². The summed E-state index contributed by atoms with van der Waals surface area (Å²) in [5.41, 5.74) is 0. The SMILES string of the molecule is C[C@@H](O)[C@H](NS(=O)(=O)c1ccc2ccccc2c1)C(=O)N1CCC[C@H]1C(=O)NCCCCNC=NN. The zero-order chi connectivity index (χ0) is 26.1. The largest absolute Gasteiger partial charge is 0.391 e. The summed E-state index contributed by atoms with van der Waals surface area (Å²) in [4.78, 5) is 27.4. The van der Waals surface area contributed by atoms with E-state index in [2.05, 4.69) is 20.5 Å². The quantitative estimate of drug-likeness (QED) is 0.0882. The van der Waals surface area contributed by atoms with Crippen molar-refractivity contribution in [1.82, 2.24) is 20.3 Å². The Kier molecular flexibility index (Phi) is 9.62. The van der Waals surface area contributed by atoms with Gasteiger partial charge in [0.25, 0.3) is 0 Å². The predicted octanol–water partition coefficient (Wildman–Crippen LogP) is 0.247. The van der Waals surface area contributed by atoms with Gasteiger partial charge in [-0.3, -0.25) is 9.59 Å². The Morgan fingerprint density at radius 2 is 1.92 bits per heavy atom. The Labute approximate surface area is 211 Å². The van der Waals surface area contributed by atoms with Crippen molar-refractivity contribution in [2.45, 2.75) is 55.7 Å². The Hall–Kier alpha value is -3.22. The molecule has 0 aromatic heterocycles. The van der Waals surface area contributed by atoms with Gasteiger partial charge in [-0.25, -0.2) is 8.42 Å². The summed E-state index contributed by atoms with van der Waals surface area (Å²) < 4.78 is 28.6. The minimum Gasteiger partial charge on any atom is -0.391 e. The summed E-state index contributed by atoms with van der Waals surface area (Å²) in [6, 6.07) is 9.85. The molecule has 196 valence electrons. The maximum atomic E-state index is 13.3. The van der Waals surface area contributed by atoms with Crippen molar-refractivity contribution >= 4 is 38.9 Å². The lowest BCUT2D eigenvalue weighted by atomic mass is 10.1. The lowest BCUT2D eigenvalue weighted by Crippen LogP contribution is -2.56. The molecule has 3 atom stereocenters. The standard InChI is InChI=1S/C24H34N6O5S/c1-17(31)22(29-36(34,35)20-11-10-18-7-2-3-8-19(18)15-20)24(33)30-14-6-9-21(30)23(32)27-13-5-4-12-26-16-28-25/h2-3,7-8,10-11,15-17,21-22,29,31H,4-6,9,12-14,25H2,1H3,(H,26,28)(H,27,32)/t17-,21+,22+/m1/s1. The zero-order valence-electron chi connectivity index (χ0n) is 20.3. The molecule has 0 aliphatic carbocycles. The number of sulfonamides is 1. The van der Waals surface area contributed by atoms with Crippen LogP contribution in [0.4, 0.5) is 0 Å². The third-order valence-corrected chi connectivity index (χ3v) is 7.55. The number of carbonyl (C=O) groups excluding carboxylic acids is 2. The number of carbonyl (C=O) groups is 2. The molecule has 1 aliphatic rings. The summed E-state index contributed by atoms with van der Waals surface area (Å²) in [5, 5.41) is 21.0. The maximum Gasteiger partial charge on any atom is 0.244 e. The Bertz CT molecular complexity index is 1190. The lowest BCUT2D eigenvalue weighted by Gasteiger charge is -2.30. The summed E-state index contributed by atoms with van der Waals surface area (Å²) >= 11 is 0. The molecule has 2 amide bonds. The van der Waals surface area contributed by atoms with Crippen molar-refractivity contribution in [2.75, 3.05) is 19.6 Å². The fourth-order valence-electron chi connectivity index (χ4n) is 4.21. The van der Waals surface area contributed by atoms with Crippen LogP contribution in [0.25, 0.3) is 10.8 Å². The molecule has 0 unspecified atom stereocenters. The number of amides is 2. The van der Waals surface area contributed by atoms with Crippen LogP contribution in [0.3, 0.4) is 0 Å². The van der Waals surface area contributed by atoms with E-state index < -0.39 is 34.1 Å². The number of nitrogens with one attached hydrogen (secondary N) is 3. The molecule has 12 heteroatoms. The Morgan fingerprint density at radius 3 is 2.64 bits per heavy atom. The molecule has 0 radical (unpaired) electrons. The number of benzene rings is 2. The number of hydrogen-bond donors (Lipinski definition) is 5. The van der Waals surface area contributed by atoms with E-state index in [1.807, 2.05) is 12.1 Å². The van der Waals surface area contributed by atoms with Crippen LogP contribution in [0.5, 0.6) is 0 Å². The first-order chi connectivity index (χ1) is 17.2. The van der Waals surface area contributed by atoms with Gasteiger partial charge in [-0.15, -0.1) is 0 Å². The highest BCUT2D eigenvalue weighted by atomic mass is 32.2. The molecule has 2 aromatic rings. The number of aliphatic hydroxyl groups excluding tert-OH is 1. The van der Waals surface area contributed by atoms with Gasteiger partial charge in [-0.2, -0.15) is 9.82 Å². The van der Waals surface area contributed by atoms with Gasteiger partial charge in [0.1, 0.15) is 18.4 Å². The van der Waals surface area contributed by atoms with Crippen LogP contribution < -0.4 is 21.2 Å². The molecule has 1 heterocycles. The number of nitrogens with zero attached hydrogens (tertiary/aromatic N) is 2. The van der Waals surface area contributed by atoms with E-state index in [1.54, 1.807) is 18.2 Å². The minimum absolute atomic E-state index is 0.0115. The van der Waals surface area contributed by atoms with Gasteiger partial charge >= 0.3 is 0 Å². The van der Waals surface area contributed by atoms with E-state index in [0.717, 1.165) is 23.6 Å². The van der Waals surface area contributed by atoms with Gasteiger partial charge in [0.15, 0.2) is 0 Å². The number of unbranched alkanes of at least 4 members (excludes halogenated alkanes) is 1. The molecule has 0 bridgehead atoms. The maximum absolute atomic E-state index is 13.3. The molecular formula is C24H34N6O5S. The molecule has 3 rings (SSSR count). The second-order valence-corrected chi connectivity index (χ2v) is 10.5. The van der Waals surface area contributed by atoms with Crippen LogP contribution in [-0.2, 0) is 19.6 Å². The second kappa shape index (κ2) is 12.7. The zero-order valence-corrected chi connectivity index (χ0v) is 21.1. The van der Waals surface area contributed by atoms with Crippen molar-refractivity contribution < 1.29 is 23.1 Å². The highest BCUT2D eigenvalue weighted by Crippen LogP contribution is 2.22. The molecule has 6 N–H and O–H groups in total. The first kappa shape index (κ1) is 27.4. The van der Waals surface area contributed by atoms with Gasteiger partial charge in [0.2, 0.25) is 21.8 Å². The number of hydrogen-bond acceptors (Lipinski definition) is 7. The smallest absolute Gasteiger partial charge is 0.244 e. The van der Waals surface area contributed by atoms with Crippen molar-refractivity contribution in [3.05, 3.63) is 42.5 Å². The van der Waals surface area contributed by atoms with E-state index in [4.69, 9.17) is 5.84 Å². The average Bonchev–Trinajstić information content (AvgIpc) is 3.36. The van der Waals surface area contributed by atoms with Crippen LogP contribution in [0.2, 0.25) is 0 Å². The van der Waals surface area contributed by atoms with E-state index in [9.17, 15) is 23.1 Å². The van der Waals surface area contributed by atoms with Crippen LogP contribution in [-0.4, -0.2) is 74.4 Å².